The molecule has 0 saturated heterocycles. The van der Waals surface area contributed by atoms with Crippen molar-refractivity contribution < 1.29 is 5.21 Å². The number of nitrogens with one attached hydrogen (secondary N) is 1. The summed E-state index contributed by atoms with van der Waals surface area (Å²) in [5, 5.41) is 12.4. The summed E-state index contributed by atoms with van der Waals surface area (Å²) in [6.07, 6.45) is 3.21. The molecule has 0 saturated carbocycles. The van der Waals surface area contributed by atoms with Crippen molar-refractivity contribution in [3.05, 3.63) is 34.4 Å². The van der Waals surface area contributed by atoms with E-state index < -0.39 is 0 Å². The van der Waals surface area contributed by atoms with Crippen LogP contribution in [0, 0.1) is 0 Å². The highest BCUT2D eigenvalue weighted by atomic mass is 79.9. The Hall–Kier alpha value is -1.29. The molecule has 0 aliphatic carbocycles. The number of benzene rings is 1. The third-order valence-corrected chi connectivity index (χ3v) is 2.37. The van der Waals surface area contributed by atoms with Crippen LogP contribution in [0.5, 0.6) is 0 Å². The van der Waals surface area contributed by atoms with E-state index in [1.165, 1.54) is 6.21 Å². The first kappa shape index (κ1) is 8.31. The minimum atomic E-state index is 0.874. The largest absolute Gasteiger partial charge is 0.411 e. The summed E-state index contributed by atoms with van der Waals surface area (Å²) in [7, 11) is 0. The molecule has 66 valence electrons. The van der Waals surface area contributed by atoms with Gasteiger partial charge < -0.3 is 10.2 Å². The van der Waals surface area contributed by atoms with Crippen LogP contribution >= 0.6 is 15.9 Å². The maximum atomic E-state index is 8.41. The van der Waals surface area contributed by atoms with Crippen LogP contribution in [-0.2, 0) is 0 Å². The van der Waals surface area contributed by atoms with Gasteiger partial charge in [-0.15, -0.1) is 0 Å². The monoisotopic (exact) mass is 238 g/mol. The van der Waals surface area contributed by atoms with E-state index >= 15 is 0 Å². The van der Waals surface area contributed by atoms with Gasteiger partial charge in [-0.2, -0.15) is 0 Å². The molecule has 0 radical (unpaired) electrons. The third kappa shape index (κ3) is 1.45. The Morgan fingerprint density at radius 1 is 1.46 bits per heavy atom. The number of oxime groups is 1. The van der Waals surface area contributed by atoms with Gasteiger partial charge in [0.25, 0.3) is 0 Å². The highest BCUT2D eigenvalue weighted by Crippen LogP contribution is 2.21. The van der Waals surface area contributed by atoms with Crippen molar-refractivity contribution in [2.75, 3.05) is 0 Å². The van der Waals surface area contributed by atoms with Crippen LogP contribution in [0.4, 0.5) is 0 Å². The first-order valence-corrected chi connectivity index (χ1v) is 4.54. The van der Waals surface area contributed by atoms with Crippen molar-refractivity contribution in [3.8, 4) is 0 Å². The summed E-state index contributed by atoms with van der Waals surface area (Å²) >= 11 is 3.38. The zero-order valence-electron chi connectivity index (χ0n) is 6.66. The molecule has 0 aliphatic rings. The van der Waals surface area contributed by atoms with Crippen molar-refractivity contribution in [2.24, 2.45) is 5.16 Å². The average Bonchev–Trinajstić information content (AvgIpc) is 2.49. The second-order valence-corrected chi connectivity index (χ2v) is 3.59. The smallest absolute Gasteiger partial charge is 0.0755 e. The average molecular weight is 239 g/mol. The topological polar surface area (TPSA) is 48.4 Å². The number of halogens is 1. The Balaban J connectivity index is 2.71. The Labute approximate surface area is 83.2 Å². The summed E-state index contributed by atoms with van der Waals surface area (Å²) < 4.78 is 1.01. The van der Waals surface area contributed by atoms with E-state index in [1.807, 2.05) is 18.2 Å². The Kier molecular flexibility index (Phi) is 2.06. The number of rotatable bonds is 1. The Morgan fingerprint density at radius 2 is 2.31 bits per heavy atom. The van der Waals surface area contributed by atoms with Crippen molar-refractivity contribution in [2.45, 2.75) is 0 Å². The normalized spacial score (nSPS) is 11.5. The molecule has 4 heteroatoms. The van der Waals surface area contributed by atoms with Gasteiger partial charge in [0.1, 0.15) is 0 Å². The van der Waals surface area contributed by atoms with Gasteiger partial charge in [0.15, 0.2) is 0 Å². The lowest BCUT2D eigenvalue weighted by Crippen LogP contribution is -1.76. The van der Waals surface area contributed by atoms with Gasteiger partial charge in [-0.25, -0.2) is 0 Å². The molecular weight excluding hydrogens is 232 g/mol. The maximum Gasteiger partial charge on any atom is 0.0755 e. The molecule has 1 aromatic heterocycles. The van der Waals surface area contributed by atoms with Crippen LogP contribution < -0.4 is 0 Å². The predicted molar refractivity (Wildman–Crippen MR) is 55.4 cm³/mol. The van der Waals surface area contributed by atoms with E-state index in [2.05, 4.69) is 26.1 Å². The molecule has 2 rings (SSSR count). The fourth-order valence-electron chi connectivity index (χ4n) is 1.28. The lowest BCUT2D eigenvalue weighted by molar-refractivity contribution is 0.322. The third-order valence-electron chi connectivity index (χ3n) is 1.87. The summed E-state index contributed by atoms with van der Waals surface area (Å²) in [6, 6.07) is 5.90. The number of nitrogens with zero attached hydrogens (tertiary/aromatic N) is 1. The van der Waals surface area contributed by atoms with Crippen LogP contribution in [0.15, 0.2) is 34.0 Å². The minimum Gasteiger partial charge on any atom is -0.411 e. The fraction of sp³-hybridized carbons (Fsp3) is 0. The summed E-state index contributed by atoms with van der Waals surface area (Å²) in [4.78, 5) is 3.08. The van der Waals surface area contributed by atoms with Crippen LogP contribution in [-0.4, -0.2) is 16.4 Å². The zero-order chi connectivity index (χ0) is 9.26. The van der Waals surface area contributed by atoms with Crippen LogP contribution in [0.1, 0.15) is 5.56 Å². The lowest BCUT2D eigenvalue weighted by atomic mass is 10.2. The molecule has 0 amide bonds. The molecule has 1 aromatic carbocycles. The van der Waals surface area contributed by atoms with Gasteiger partial charge in [-0.05, 0) is 18.2 Å². The molecule has 0 aliphatic heterocycles. The molecular formula is C9H7BrN2O. The number of fused-ring (bicyclic) bond motifs is 1. The minimum absolute atomic E-state index is 0.874. The highest BCUT2D eigenvalue weighted by Gasteiger charge is 2.01. The fourth-order valence-corrected chi connectivity index (χ4v) is 1.64. The number of aromatic amines is 1. The van der Waals surface area contributed by atoms with Gasteiger partial charge in [0.05, 0.1) is 6.21 Å². The first-order valence-electron chi connectivity index (χ1n) is 3.75. The molecule has 0 atom stereocenters. The second kappa shape index (κ2) is 3.22. The van der Waals surface area contributed by atoms with Gasteiger partial charge in [-0.3, -0.25) is 0 Å². The number of hydrogen-bond donors (Lipinski definition) is 2. The Bertz CT molecular complexity index is 462. The van der Waals surface area contributed by atoms with Crippen LogP contribution in [0.25, 0.3) is 10.9 Å². The molecule has 1 heterocycles. The van der Waals surface area contributed by atoms with Crippen LogP contribution in [0.3, 0.4) is 0 Å². The Morgan fingerprint density at radius 3 is 3.08 bits per heavy atom. The lowest BCUT2D eigenvalue weighted by Gasteiger charge is -1.92. The molecule has 13 heavy (non-hydrogen) atoms. The summed E-state index contributed by atoms with van der Waals surface area (Å²) in [5.74, 6) is 0. The van der Waals surface area contributed by atoms with Gasteiger partial charge >= 0.3 is 0 Å². The van der Waals surface area contributed by atoms with Gasteiger partial charge in [0.2, 0.25) is 0 Å². The molecule has 0 fully saturated rings. The van der Waals surface area contributed by atoms with Gasteiger partial charge in [-0.1, -0.05) is 21.1 Å². The van der Waals surface area contributed by atoms with Crippen LogP contribution in [0.2, 0.25) is 0 Å². The molecule has 2 N–H and O–H groups in total. The van der Waals surface area contributed by atoms with Crippen molar-refractivity contribution in [3.63, 3.8) is 0 Å². The van der Waals surface area contributed by atoms with E-state index in [4.69, 9.17) is 5.21 Å². The predicted octanol–water partition coefficient (Wildman–Crippen LogP) is 2.74. The van der Waals surface area contributed by atoms with Crippen molar-refractivity contribution >= 4 is 33.0 Å². The number of hydrogen-bond acceptors (Lipinski definition) is 2. The highest BCUT2D eigenvalue weighted by molar-refractivity contribution is 9.10. The maximum absolute atomic E-state index is 8.41. The van der Waals surface area contributed by atoms with E-state index in [-0.39, 0.29) is 0 Å². The van der Waals surface area contributed by atoms with Crippen molar-refractivity contribution in [1.82, 2.24) is 4.98 Å². The summed E-state index contributed by atoms with van der Waals surface area (Å²) in [5.41, 5.74) is 1.90. The SMILES string of the molecule is ON=Cc1c[nH]c2ccc(Br)cc12. The first-order chi connectivity index (χ1) is 6.31. The zero-order valence-corrected chi connectivity index (χ0v) is 8.25. The quantitative estimate of drug-likeness (QED) is 0.448. The summed E-state index contributed by atoms with van der Waals surface area (Å²) in [6.45, 7) is 0. The van der Waals surface area contributed by atoms with E-state index in [0.717, 1.165) is 20.9 Å². The molecule has 0 unspecified atom stereocenters. The van der Waals surface area contributed by atoms with E-state index in [1.54, 1.807) is 6.20 Å². The molecule has 3 nitrogen and oxygen atoms in total. The van der Waals surface area contributed by atoms with E-state index in [0.29, 0.717) is 0 Å². The van der Waals surface area contributed by atoms with E-state index in [9.17, 15) is 0 Å². The van der Waals surface area contributed by atoms with Gasteiger partial charge in [0, 0.05) is 27.1 Å². The number of H-pyrrole nitrogens is 1. The molecule has 0 spiro atoms. The molecule has 2 aromatic rings. The van der Waals surface area contributed by atoms with Crippen molar-refractivity contribution in [1.29, 1.82) is 0 Å². The standard InChI is InChI=1S/C9H7BrN2O/c10-7-1-2-9-8(3-7)6(4-11-9)5-12-13/h1-5,11,13H. The second-order valence-electron chi connectivity index (χ2n) is 2.68. The molecule has 0 bridgehead atoms. The number of aromatic nitrogens is 1.